The number of carbonyl (C=O) groups excluding carboxylic acids is 2. The van der Waals surface area contributed by atoms with Crippen molar-refractivity contribution in [3.63, 3.8) is 0 Å². The summed E-state index contributed by atoms with van der Waals surface area (Å²) in [5, 5.41) is 0.425. The van der Waals surface area contributed by atoms with Crippen LogP contribution in [0.1, 0.15) is 18.9 Å². The summed E-state index contributed by atoms with van der Waals surface area (Å²) in [5.74, 6) is -0.0149. The minimum absolute atomic E-state index is 0.214. The monoisotopic (exact) mass is 397 g/mol. The standard InChI is InChI=1S/C22H23NO4S/c1-16-13-14-23(19-5-3-4-6-20(19)28-16)21(24)15-27-22(25)12-9-17-7-10-18(26-2)11-8-17/h3-12,16H,13-15H2,1-2H3/b12-9+/t16-/m0/s1. The summed E-state index contributed by atoms with van der Waals surface area (Å²) in [7, 11) is 1.60. The molecule has 2 aromatic carbocycles. The SMILES string of the molecule is COc1ccc(/C=C/C(=O)OCC(=O)N2CC[C@H](C)Sc3ccccc32)cc1. The average Bonchev–Trinajstić information content (AvgIpc) is 2.89. The van der Waals surface area contributed by atoms with Crippen molar-refractivity contribution >= 4 is 35.4 Å². The predicted molar refractivity (Wildman–Crippen MR) is 112 cm³/mol. The van der Waals surface area contributed by atoms with E-state index < -0.39 is 5.97 Å². The van der Waals surface area contributed by atoms with Gasteiger partial charge in [-0.15, -0.1) is 11.8 Å². The van der Waals surface area contributed by atoms with Crippen LogP contribution >= 0.6 is 11.8 Å². The van der Waals surface area contributed by atoms with E-state index in [1.165, 1.54) is 6.08 Å². The first-order valence-electron chi connectivity index (χ1n) is 9.12. The molecule has 0 aliphatic carbocycles. The quantitative estimate of drug-likeness (QED) is 0.560. The molecule has 146 valence electrons. The Labute approximate surface area is 169 Å². The molecular formula is C22H23NO4S. The predicted octanol–water partition coefficient (Wildman–Crippen LogP) is 4.17. The molecule has 1 aliphatic heterocycles. The summed E-state index contributed by atoms with van der Waals surface area (Å²) in [6.07, 6.45) is 3.85. The Morgan fingerprint density at radius 2 is 1.93 bits per heavy atom. The molecule has 0 saturated heterocycles. The maximum Gasteiger partial charge on any atom is 0.331 e. The maximum absolute atomic E-state index is 12.7. The normalized spacial score (nSPS) is 16.4. The number of para-hydroxylation sites is 1. The molecule has 2 aromatic rings. The zero-order chi connectivity index (χ0) is 19.9. The van der Waals surface area contributed by atoms with Gasteiger partial charge in [-0.25, -0.2) is 4.79 Å². The molecule has 0 saturated carbocycles. The van der Waals surface area contributed by atoms with Gasteiger partial charge in [0, 0.05) is 22.8 Å². The molecule has 0 N–H and O–H groups in total. The highest BCUT2D eigenvalue weighted by molar-refractivity contribution is 8.00. The molecule has 1 aliphatic rings. The number of carbonyl (C=O) groups is 2. The van der Waals surface area contributed by atoms with Crippen molar-refractivity contribution in [2.45, 2.75) is 23.5 Å². The molecule has 1 heterocycles. The summed E-state index contributed by atoms with van der Waals surface area (Å²) in [6, 6.07) is 15.1. The third kappa shape index (κ3) is 5.16. The Balaban J connectivity index is 1.58. The molecule has 0 radical (unpaired) electrons. The highest BCUT2D eigenvalue weighted by Crippen LogP contribution is 2.37. The number of thioether (sulfide) groups is 1. The third-order valence-electron chi connectivity index (χ3n) is 4.41. The van der Waals surface area contributed by atoms with Gasteiger partial charge in [-0.05, 0) is 42.3 Å². The first-order chi connectivity index (χ1) is 13.6. The van der Waals surface area contributed by atoms with Crippen molar-refractivity contribution in [3.05, 3.63) is 60.2 Å². The number of methoxy groups -OCH3 is 1. The van der Waals surface area contributed by atoms with Crippen molar-refractivity contribution in [2.24, 2.45) is 0 Å². The lowest BCUT2D eigenvalue weighted by atomic mass is 10.2. The Kier molecular flexibility index (Phi) is 6.76. The number of anilines is 1. The van der Waals surface area contributed by atoms with E-state index in [-0.39, 0.29) is 12.5 Å². The van der Waals surface area contributed by atoms with Crippen LogP contribution in [0.15, 0.2) is 59.5 Å². The van der Waals surface area contributed by atoms with Gasteiger partial charge in [0.2, 0.25) is 0 Å². The fraction of sp³-hybridized carbons (Fsp3) is 0.273. The third-order valence-corrected chi connectivity index (χ3v) is 5.65. The Morgan fingerprint density at radius 3 is 2.68 bits per heavy atom. The lowest BCUT2D eigenvalue weighted by molar-refractivity contribution is -0.142. The van der Waals surface area contributed by atoms with Gasteiger partial charge in [0.25, 0.3) is 5.91 Å². The number of amides is 1. The fourth-order valence-electron chi connectivity index (χ4n) is 2.88. The first-order valence-corrected chi connectivity index (χ1v) is 9.99. The molecule has 0 unspecified atom stereocenters. The van der Waals surface area contributed by atoms with E-state index in [2.05, 4.69) is 6.92 Å². The van der Waals surface area contributed by atoms with Gasteiger partial charge in [-0.2, -0.15) is 0 Å². The van der Waals surface area contributed by atoms with Gasteiger partial charge >= 0.3 is 5.97 Å². The van der Waals surface area contributed by atoms with Crippen LogP contribution in [0.3, 0.4) is 0 Å². The van der Waals surface area contributed by atoms with Gasteiger partial charge in [0.05, 0.1) is 12.8 Å². The Bertz CT molecular complexity index is 863. The minimum atomic E-state index is -0.546. The van der Waals surface area contributed by atoms with Crippen LogP contribution in [0.4, 0.5) is 5.69 Å². The number of benzene rings is 2. The number of hydrogen-bond donors (Lipinski definition) is 0. The second-order valence-corrected chi connectivity index (χ2v) is 7.92. The molecule has 6 heteroatoms. The maximum atomic E-state index is 12.7. The van der Waals surface area contributed by atoms with E-state index in [1.807, 2.05) is 48.5 Å². The minimum Gasteiger partial charge on any atom is -0.497 e. The van der Waals surface area contributed by atoms with Crippen molar-refractivity contribution < 1.29 is 19.1 Å². The average molecular weight is 397 g/mol. The number of nitrogens with zero attached hydrogens (tertiary/aromatic N) is 1. The largest absolute Gasteiger partial charge is 0.497 e. The number of hydrogen-bond acceptors (Lipinski definition) is 5. The van der Waals surface area contributed by atoms with Crippen molar-refractivity contribution in [1.82, 2.24) is 0 Å². The van der Waals surface area contributed by atoms with Crippen LogP contribution in [-0.2, 0) is 14.3 Å². The first kappa shape index (κ1) is 20.0. The lowest BCUT2D eigenvalue weighted by Crippen LogP contribution is -2.35. The lowest BCUT2D eigenvalue weighted by Gasteiger charge is -2.22. The molecule has 5 nitrogen and oxygen atoms in total. The zero-order valence-corrected chi connectivity index (χ0v) is 16.8. The van der Waals surface area contributed by atoms with Gasteiger partial charge in [-0.3, -0.25) is 4.79 Å². The van der Waals surface area contributed by atoms with Gasteiger partial charge in [0.1, 0.15) is 5.75 Å². The molecule has 1 atom stereocenters. The topological polar surface area (TPSA) is 55.8 Å². The smallest absolute Gasteiger partial charge is 0.331 e. The Morgan fingerprint density at radius 1 is 1.18 bits per heavy atom. The van der Waals surface area contributed by atoms with E-state index in [1.54, 1.807) is 29.8 Å². The van der Waals surface area contributed by atoms with Crippen LogP contribution in [-0.4, -0.2) is 37.4 Å². The van der Waals surface area contributed by atoms with Crippen LogP contribution in [0, 0.1) is 0 Å². The highest BCUT2D eigenvalue weighted by atomic mass is 32.2. The summed E-state index contributed by atoms with van der Waals surface area (Å²) in [4.78, 5) is 27.4. The molecular weight excluding hydrogens is 374 g/mol. The molecule has 3 rings (SSSR count). The highest BCUT2D eigenvalue weighted by Gasteiger charge is 2.24. The van der Waals surface area contributed by atoms with Crippen LogP contribution in [0.5, 0.6) is 5.75 Å². The summed E-state index contributed by atoms with van der Waals surface area (Å²) in [5.41, 5.74) is 1.73. The van der Waals surface area contributed by atoms with Crippen molar-refractivity contribution in [1.29, 1.82) is 0 Å². The number of esters is 1. The number of fused-ring (bicyclic) bond motifs is 1. The number of rotatable bonds is 5. The van der Waals surface area contributed by atoms with E-state index >= 15 is 0 Å². The van der Waals surface area contributed by atoms with Crippen LogP contribution < -0.4 is 9.64 Å². The van der Waals surface area contributed by atoms with Gasteiger partial charge in [0.15, 0.2) is 6.61 Å². The molecule has 0 bridgehead atoms. The van der Waals surface area contributed by atoms with Crippen molar-refractivity contribution in [2.75, 3.05) is 25.2 Å². The van der Waals surface area contributed by atoms with Gasteiger partial charge in [-0.1, -0.05) is 31.2 Å². The van der Waals surface area contributed by atoms with E-state index in [0.717, 1.165) is 28.3 Å². The molecule has 0 aromatic heterocycles. The second kappa shape index (κ2) is 9.46. The molecule has 0 spiro atoms. The molecule has 0 fully saturated rings. The second-order valence-electron chi connectivity index (χ2n) is 6.44. The van der Waals surface area contributed by atoms with E-state index in [9.17, 15) is 9.59 Å². The van der Waals surface area contributed by atoms with Crippen molar-refractivity contribution in [3.8, 4) is 5.75 Å². The van der Waals surface area contributed by atoms with Crippen LogP contribution in [0.25, 0.3) is 6.08 Å². The molecule has 1 amide bonds. The fourth-order valence-corrected chi connectivity index (χ4v) is 4.00. The Hall–Kier alpha value is -2.73. The van der Waals surface area contributed by atoms with Gasteiger partial charge < -0.3 is 14.4 Å². The zero-order valence-electron chi connectivity index (χ0n) is 16.0. The van der Waals surface area contributed by atoms with E-state index in [4.69, 9.17) is 9.47 Å². The number of ether oxygens (including phenoxy) is 2. The molecule has 28 heavy (non-hydrogen) atoms. The summed E-state index contributed by atoms with van der Waals surface area (Å²) < 4.78 is 10.3. The van der Waals surface area contributed by atoms with E-state index in [0.29, 0.717) is 11.8 Å². The summed E-state index contributed by atoms with van der Waals surface area (Å²) >= 11 is 1.76. The summed E-state index contributed by atoms with van der Waals surface area (Å²) in [6.45, 7) is 2.49. The van der Waals surface area contributed by atoms with Crippen LogP contribution in [0.2, 0.25) is 0 Å².